The molecule has 0 atom stereocenters. The quantitative estimate of drug-likeness (QED) is 0.508. The van der Waals surface area contributed by atoms with Gasteiger partial charge in [-0.25, -0.2) is 4.79 Å². The number of amides is 2. The molecule has 2 aliphatic heterocycles. The smallest absolute Gasteiger partial charge is 0.415 e. The summed E-state index contributed by atoms with van der Waals surface area (Å²) in [5.41, 5.74) is -0.859. The van der Waals surface area contributed by atoms with Gasteiger partial charge in [-0.05, 0) is 13.1 Å². The summed E-state index contributed by atoms with van der Waals surface area (Å²) in [4.78, 5) is 22.0. The highest BCUT2D eigenvalue weighted by Gasteiger charge is 2.49. The van der Waals surface area contributed by atoms with Crippen LogP contribution in [0, 0.1) is 0 Å². The summed E-state index contributed by atoms with van der Waals surface area (Å²) in [7, 11) is 0. The van der Waals surface area contributed by atoms with E-state index < -0.39 is 11.7 Å². The molecule has 0 aromatic carbocycles. The van der Waals surface area contributed by atoms with Gasteiger partial charge in [0, 0.05) is 12.8 Å². The number of piperidine rings is 1. The van der Waals surface area contributed by atoms with Gasteiger partial charge in [0.15, 0.2) is 5.60 Å². The Labute approximate surface area is 69.5 Å². The van der Waals surface area contributed by atoms with E-state index in [1.54, 1.807) is 0 Å². The Morgan fingerprint density at radius 3 is 2.42 bits per heavy atom. The third-order valence-corrected chi connectivity index (χ3v) is 2.33. The normalized spacial score (nSPS) is 27.0. The number of hydrogen-bond donors (Lipinski definition) is 2. The number of carbonyl (C=O) groups excluding carboxylic acids is 2. The van der Waals surface area contributed by atoms with E-state index in [4.69, 9.17) is 4.74 Å². The Bertz CT molecular complexity index is 233. The number of hydrogen-bond acceptors (Lipinski definition) is 4. The Morgan fingerprint density at radius 2 is 1.92 bits per heavy atom. The molecule has 0 aromatic heterocycles. The molecule has 2 N–H and O–H groups in total. The molecule has 0 saturated carbocycles. The third kappa shape index (κ3) is 0.972. The van der Waals surface area contributed by atoms with Crippen molar-refractivity contribution in [3.05, 3.63) is 0 Å². The number of alkyl carbamates (subject to hydrolysis) is 1. The second-order valence-corrected chi connectivity index (χ2v) is 3.09. The first kappa shape index (κ1) is 7.54. The zero-order valence-corrected chi connectivity index (χ0v) is 6.55. The molecule has 0 bridgehead atoms. The van der Waals surface area contributed by atoms with Crippen LogP contribution in [0.2, 0.25) is 0 Å². The molecule has 66 valence electrons. The maximum absolute atomic E-state index is 11.3. The van der Waals surface area contributed by atoms with Crippen molar-refractivity contribution < 1.29 is 14.3 Å². The molecule has 0 radical (unpaired) electrons. The van der Waals surface area contributed by atoms with E-state index in [1.807, 2.05) is 0 Å². The fourth-order valence-electron chi connectivity index (χ4n) is 1.62. The lowest BCUT2D eigenvalue weighted by Gasteiger charge is -2.28. The molecule has 0 aromatic rings. The van der Waals surface area contributed by atoms with Crippen molar-refractivity contribution in [1.29, 1.82) is 0 Å². The van der Waals surface area contributed by atoms with Gasteiger partial charge in [-0.3, -0.25) is 10.1 Å². The molecule has 2 rings (SSSR count). The van der Waals surface area contributed by atoms with E-state index in [0.29, 0.717) is 12.8 Å². The van der Waals surface area contributed by atoms with Crippen LogP contribution in [-0.4, -0.2) is 30.7 Å². The predicted molar refractivity (Wildman–Crippen MR) is 39.5 cm³/mol. The number of nitrogens with one attached hydrogen (secondary N) is 2. The van der Waals surface area contributed by atoms with Crippen LogP contribution in [0.5, 0.6) is 0 Å². The second kappa shape index (κ2) is 2.45. The first-order chi connectivity index (χ1) is 5.73. The number of imide groups is 1. The second-order valence-electron chi connectivity index (χ2n) is 3.09. The summed E-state index contributed by atoms with van der Waals surface area (Å²) in [6.45, 7) is 1.45. The maximum Gasteiger partial charge on any atom is 0.415 e. The Morgan fingerprint density at radius 1 is 1.25 bits per heavy atom. The minimum absolute atomic E-state index is 0.283. The maximum atomic E-state index is 11.3. The van der Waals surface area contributed by atoms with Gasteiger partial charge in [0.2, 0.25) is 0 Å². The highest BCUT2D eigenvalue weighted by Crippen LogP contribution is 2.27. The van der Waals surface area contributed by atoms with E-state index in [1.165, 1.54) is 0 Å². The largest absolute Gasteiger partial charge is 0.432 e. The predicted octanol–water partition coefficient (Wildman–Crippen LogP) is -0.625. The van der Waals surface area contributed by atoms with Crippen molar-refractivity contribution >= 4 is 12.0 Å². The monoisotopic (exact) mass is 170 g/mol. The van der Waals surface area contributed by atoms with Crippen molar-refractivity contribution in [2.24, 2.45) is 0 Å². The van der Waals surface area contributed by atoms with Crippen LogP contribution >= 0.6 is 0 Å². The van der Waals surface area contributed by atoms with Crippen molar-refractivity contribution in [3.8, 4) is 0 Å². The van der Waals surface area contributed by atoms with Crippen LogP contribution in [0.4, 0.5) is 4.79 Å². The van der Waals surface area contributed by atoms with Crippen LogP contribution in [0.3, 0.4) is 0 Å². The molecule has 5 nitrogen and oxygen atoms in total. The zero-order chi connectivity index (χ0) is 8.60. The highest BCUT2D eigenvalue weighted by molar-refractivity contribution is 6.02. The van der Waals surface area contributed by atoms with Gasteiger partial charge in [0.1, 0.15) is 0 Å². The van der Waals surface area contributed by atoms with Crippen molar-refractivity contribution in [3.63, 3.8) is 0 Å². The van der Waals surface area contributed by atoms with E-state index in [-0.39, 0.29) is 5.91 Å². The van der Waals surface area contributed by atoms with E-state index in [0.717, 1.165) is 13.1 Å². The standard InChI is InChI=1S/C7H10N2O3/c10-5-7(12-6(11)9-5)1-3-8-4-2-7/h8H,1-4H2,(H,9,10,11). The van der Waals surface area contributed by atoms with Crippen LogP contribution in [-0.2, 0) is 9.53 Å². The van der Waals surface area contributed by atoms with Gasteiger partial charge < -0.3 is 10.1 Å². The van der Waals surface area contributed by atoms with Crippen molar-refractivity contribution in [1.82, 2.24) is 10.6 Å². The van der Waals surface area contributed by atoms with Crippen molar-refractivity contribution in [2.75, 3.05) is 13.1 Å². The summed E-state index contributed by atoms with van der Waals surface area (Å²) in [5, 5.41) is 5.25. The van der Waals surface area contributed by atoms with Crippen LogP contribution in [0.15, 0.2) is 0 Å². The Balaban J connectivity index is 2.18. The van der Waals surface area contributed by atoms with Crippen LogP contribution in [0.1, 0.15) is 12.8 Å². The van der Waals surface area contributed by atoms with Crippen LogP contribution < -0.4 is 10.6 Å². The Kier molecular flexibility index (Phi) is 1.54. The summed E-state index contributed by atoms with van der Waals surface area (Å²) in [6, 6.07) is 0. The lowest BCUT2D eigenvalue weighted by atomic mass is 9.92. The summed E-state index contributed by atoms with van der Waals surface area (Å²) in [6.07, 6.45) is 0.539. The molecule has 2 aliphatic rings. The van der Waals surface area contributed by atoms with E-state index in [2.05, 4.69) is 10.6 Å². The molecular formula is C7H10N2O3. The fraction of sp³-hybridized carbons (Fsp3) is 0.714. The lowest BCUT2D eigenvalue weighted by Crippen LogP contribution is -2.47. The van der Waals surface area contributed by atoms with Crippen molar-refractivity contribution in [2.45, 2.75) is 18.4 Å². The van der Waals surface area contributed by atoms with Gasteiger partial charge >= 0.3 is 6.09 Å². The molecule has 1 spiro atoms. The molecule has 2 heterocycles. The molecule has 2 saturated heterocycles. The summed E-state index contributed by atoms with van der Waals surface area (Å²) < 4.78 is 4.96. The molecule has 0 aliphatic carbocycles. The minimum atomic E-state index is -0.859. The average molecular weight is 170 g/mol. The van der Waals surface area contributed by atoms with Gasteiger partial charge in [-0.15, -0.1) is 0 Å². The molecule has 5 heteroatoms. The average Bonchev–Trinajstić information content (AvgIpc) is 2.29. The number of rotatable bonds is 0. The highest BCUT2D eigenvalue weighted by atomic mass is 16.6. The molecule has 0 unspecified atom stereocenters. The van der Waals surface area contributed by atoms with Gasteiger partial charge in [-0.2, -0.15) is 0 Å². The topological polar surface area (TPSA) is 67.4 Å². The van der Waals surface area contributed by atoms with Gasteiger partial charge in [0.05, 0.1) is 0 Å². The molecule has 2 fully saturated rings. The minimum Gasteiger partial charge on any atom is -0.432 e. The van der Waals surface area contributed by atoms with Gasteiger partial charge in [-0.1, -0.05) is 0 Å². The molecule has 2 amide bonds. The van der Waals surface area contributed by atoms with E-state index >= 15 is 0 Å². The first-order valence-electron chi connectivity index (χ1n) is 3.98. The summed E-state index contributed by atoms with van der Waals surface area (Å²) >= 11 is 0. The number of carbonyl (C=O) groups is 2. The zero-order valence-electron chi connectivity index (χ0n) is 6.55. The lowest BCUT2D eigenvalue weighted by molar-refractivity contribution is -0.133. The molecule has 12 heavy (non-hydrogen) atoms. The fourth-order valence-corrected chi connectivity index (χ4v) is 1.62. The number of ether oxygens (including phenoxy) is 1. The molecular weight excluding hydrogens is 160 g/mol. The van der Waals surface area contributed by atoms with E-state index in [9.17, 15) is 9.59 Å². The summed E-state index contributed by atoms with van der Waals surface area (Å²) in [5.74, 6) is -0.283. The van der Waals surface area contributed by atoms with Gasteiger partial charge in [0.25, 0.3) is 5.91 Å². The SMILES string of the molecule is O=C1NC(=O)C2(CCNCC2)O1. The van der Waals surface area contributed by atoms with Crippen LogP contribution in [0.25, 0.3) is 0 Å². The first-order valence-corrected chi connectivity index (χ1v) is 3.98. The Hall–Kier alpha value is -1.10. The third-order valence-electron chi connectivity index (χ3n) is 2.33.